The van der Waals surface area contributed by atoms with Crippen LogP contribution < -0.4 is 4.74 Å². The molecule has 2 heterocycles. The van der Waals surface area contributed by atoms with Crippen molar-refractivity contribution >= 4 is 45.6 Å². The van der Waals surface area contributed by atoms with Gasteiger partial charge in [-0.25, -0.2) is 9.97 Å². The van der Waals surface area contributed by atoms with Crippen LogP contribution in [0.2, 0.25) is 5.15 Å². The zero-order valence-electron chi connectivity index (χ0n) is 13.6. The molecule has 0 aliphatic heterocycles. The standard InChI is InChI=1S/C21H15ClN2O/c1-25-21-17(13-15-7-3-5-9-19(15)24-21)11-10-16-12-14-6-2-4-8-18(14)23-20(16)22/h2-13H,1H3/b11-10-. The molecule has 4 rings (SSSR count). The van der Waals surface area contributed by atoms with Crippen LogP contribution in [0.1, 0.15) is 11.1 Å². The van der Waals surface area contributed by atoms with E-state index in [9.17, 15) is 0 Å². The third-order valence-electron chi connectivity index (χ3n) is 4.06. The predicted octanol–water partition coefficient (Wildman–Crippen LogP) is 5.62. The summed E-state index contributed by atoms with van der Waals surface area (Å²) in [6, 6.07) is 20.0. The van der Waals surface area contributed by atoms with Crippen LogP contribution in [0.4, 0.5) is 0 Å². The molecule has 25 heavy (non-hydrogen) atoms. The van der Waals surface area contributed by atoms with Gasteiger partial charge >= 0.3 is 0 Å². The Labute approximate surface area is 150 Å². The van der Waals surface area contributed by atoms with Crippen LogP contribution in [0.25, 0.3) is 34.0 Å². The average Bonchev–Trinajstić information content (AvgIpc) is 2.65. The van der Waals surface area contributed by atoms with E-state index in [2.05, 4.69) is 16.0 Å². The number of pyridine rings is 2. The smallest absolute Gasteiger partial charge is 0.221 e. The fourth-order valence-electron chi connectivity index (χ4n) is 2.80. The lowest BCUT2D eigenvalue weighted by atomic mass is 10.1. The lowest BCUT2D eigenvalue weighted by molar-refractivity contribution is 0.398. The van der Waals surface area contributed by atoms with Crippen molar-refractivity contribution in [3.63, 3.8) is 0 Å². The number of ether oxygens (including phenoxy) is 1. The van der Waals surface area contributed by atoms with Gasteiger partial charge in [-0.3, -0.25) is 0 Å². The van der Waals surface area contributed by atoms with E-state index in [1.165, 1.54) is 0 Å². The number of halogens is 1. The van der Waals surface area contributed by atoms with Crippen LogP contribution in [-0.4, -0.2) is 17.1 Å². The number of hydrogen-bond acceptors (Lipinski definition) is 3. The summed E-state index contributed by atoms with van der Waals surface area (Å²) in [6.45, 7) is 0. The van der Waals surface area contributed by atoms with Gasteiger partial charge in [0, 0.05) is 21.9 Å². The second kappa shape index (κ2) is 6.54. The molecule has 0 atom stereocenters. The van der Waals surface area contributed by atoms with E-state index in [1.807, 2.05) is 66.7 Å². The highest BCUT2D eigenvalue weighted by atomic mass is 35.5. The fraction of sp³-hybridized carbons (Fsp3) is 0.0476. The van der Waals surface area contributed by atoms with E-state index >= 15 is 0 Å². The van der Waals surface area contributed by atoms with Gasteiger partial charge in [0.15, 0.2) is 0 Å². The molecule has 4 heteroatoms. The van der Waals surface area contributed by atoms with E-state index in [1.54, 1.807) is 7.11 Å². The molecule has 4 aromatic rings. The number of fused-ring (bicyclic) bond motifs is 2. The highest BCUT2D eigenvalue weighted by molar-refractivity contribution is 6.31. The number of hydrogen-bond donors (Lipinski definition) is 0. The van der Waals surface area contributed by atoms with Crippen molar-refractivity contribution < 1.29 is 4.74 Å². The third kappa shape index (κ3) is 3.06. The third-order valence-corrected chi connectivity index (χ3v) is 4.36. The predicted molar refractivity (Wildman–Crippen MR) is 104 cm³/mol. The molecular weight excluding hydrogens is 332 g/mol. The minimum absolute atomic E-state index is 0.475. The van der Waals surface area contributed by atoms with Crippen LogP contribution >= 0.6 is 11.6 Å². The molecule has 0 spiro atoms. The first-order valence-corrected chi connectivity index (χ1v) is 8.29. The van der Waals surface area contributed by atoms with E-state index in [-0.39, 0.29) is 0 Å². The molecule has 0 N–H and O–H groups in total. The van der Waals surface area contributed by atoms with Crippen LogP contribution in [0.5, 0.6) is 5.88 Å². The molecule has 0 unspecified atom stereocenters. The lowest BCUT2D eigenvalue weighted by Gasteiger charge is -2.06. The first-order valence-electron chi connectivity index (χ1n) is 7.92. The van der Waals surface area contributed by atoms with Crippen molar-refractivity contribution in [2.24, 2.45) is 0 Å². The quantitative estimate of drug-likeness (QED) is 0.452. The van der Waals surface area contributed by atoms with Crippen molar-refractivity contribution in [3.05, 3.63) is 76.9 Å². The maximum atomic E-state index is 6.33. The maximum Gasteiger partial charge on any atom is 0.221 e. The van der Waals surface area contributed by atoms with E-state index in [0.717, 1.165) is 32.9 Å². The van der Waals surface area contributed by atoms with Crippen molar-refractivity contribution in [2.45, 2.75) is 0 Å². The van der Waals surface area contributed by atoms with Crippen molar-refractivity contribution in [1.29, 1.82) is 0 Å². The highest BCUT2D eigenvalue weighted by Gasteiger charge is 2.06. The number of rotatable bonds is 3. The molecule has 0 bridgehead atoms. The van der Waals surface area contributed by atoms with Crippen LogP contribution in [0.3, 0.4) is 0 Å². The van der Waals surface area contributed by atoms with Crippen molar-refractivity contribution in [1.82, 2.24) is 9.97 Å². The van der Waals surface area contributed by atoms with Gasteiger partial charge in [-0.15, -0.1) is 0 Å². The molecule has 0 aliphatic rings. The van der Waals surface area contributed by atoms with Gasteiger partial charge in [-0.05, 0) is 30.3 Å². The zero-order valence-corrected chi connectivity index (χ0v) is 14.4. The first kappa shape index (κ1) is 15.6. The first-order chi connectivity index (χ1) is 12.2. The molecule has 0 saturated carbocycles. The Balaban J connectivity index is 1.79. The number of methoxy groups -OCH3 is 1. The average molecular weight is 347 g/mol. The monoisotopic (exact) mass is 346 g/mol. The molecule has 2 aromatic carbocycles. The normalized spacial score (nSPS) is 11.4. The largest absolute Gasteiger partial charge is 0.481 e. The molecule has 0 saturated heterocycles. The summed E-state index contributed by atoms with van der Waals surface area (Å²) in [4.78, 5) is 9.00. The van der Waals surface area contributed by atoms with Crippen LogP contribution in [-0.2, 0) is 0 Å². The summed E-state index contributed by atoms with van der Waals surface area (Å²) in [6.07, 6.45) is 3.89. The molecule has 3 nitrogen and oxygen atoms in total. The molecule has 0 radical (unpaired) electrons. The minimum atomic E-state index is 0.475. The van der Waals surface area contributed by atoms with Crippen molar-refractivity contribution in [2.75, 3.05) is 7.11 Å². The van der Waals surface area contributed by atoms with Gasteiger partial charge < -0.3 is 4.74 Å². The van der Waals surface area contributed by atoms with Gasteiger partial charge in [0.2, 0.25) is 5.88 Å². The Morgan fingerprint density at radius 1 is 0.800 bits per heavy atom. The Morgan fingerprint density at radius 2 is 1.36 bits per heavy atom. The van der Waals surface area contributed by atoms with Gasteiger partial charge in [-0.1, -0.05) is 54.1 Å². The lowest BCUT2D eigenvalue weighted by Crippen LogP contribution is -1.92. The minimum Gasteiger partial charge on any atom is -0.481 e. The van der Waals surface area contributed by atoms with E-state index in [0.29, 0.717) is 11.0 Å². The number of aromatic nitrogens is 2. The summed E-state index contributed by atoms with van der Waals surface area (Å²) in [5.74, 6) is 0.583. The highest BCUT2D eigenvalue weighted by Crippen LogP contribution is 2.26. The molecule has 122 valence electrons. The SMILES string of the molecule is COc1nc2ccccc2cc1/C=C\c1cc2ccccc2nc1Cl. The summed E-state index contributed by atoms with van der Waals surface area (Å²) in [7, 11) is 1.62. The Kier molecular flexibility index (Phi) is 4.08. The Morgan fingerprint density at radius 3 is 2.04 bits per heavy atom. The number of para-hydroxylation sites is 2. The Hall–Kier alpha value is -2.91. The zero-order chi connectivity index (χ0) is 17.2. The molecular formula is C21H15ClN2O. The van der Waals surface area contributed by atoms with Crippen molar-refractivity contribution in [3.8, 4) is 5.88 Å². The summed E-state index contributed by atoms with van der Waals surface area (Å²) in [5.41, 5.74) is 3.54. The summed E-state index contributed by atoms with van der Waals surface area (Å²) >= 11 is 6.33. The van der Waals surface area contributed by atoms with Crippen LogP contribution in [0, 0.1) is 0 Å². The van der Waals surface area contributed by atoms with Gasteiger partial charge in [-0.2, -0.15) is 0 Å². The van der Waals surface area contributed by atoms with E-state index < -0.39 is 0 Å². The van der Waals surface area contributed by atoms with Crippen LogP contribution in [0.15, 0.2) is 60.7 Å². The maximum absolute atomic E-state index is 6.33. The molecule has 2 aromatic heterocycles. The second-order valence-electron chi connectivity index (χ2n) is 5.67. The van der Waals surface area contributed by atoms with Gasteiger partial charge in [0.25, 0.3) is 0 Å². The van der Waals surface area contributed by atoms with E-state index in [4.69, 9.17) is 16.3 Å². The number of benzene rings is 2. The fourth-order valence-corrected chi connectivity index (χ4v) is 3.01. The molecule has 0 aliphatic carbocycles. The number of nitrogens with zero attached hydrogens (tertiary/aromatic N) is 2. The van der Waals surface area contributed by atoms with Gasteiger partial charge in [0.1, 0.15) is 5.15 Å². The summed E-state index contributed by atoms with van der Waals surface area (Å²) < 4.78 is 5.43. The topological polar surface area (TPSA) is 35.0 Å². The summed E-state index contributed by atoms with van der Waals surface area (Å²) in [5, 5.41) is 2.59. The molecule has 0 amide bonds. The second-order valence-corrected chi connectivity index (χ2v) is 6.03. The van der Waals surface area contributed by atoms with Gasteiger partial charge in [0.05, 0.1) is 18.1 Å². The molecule has 0 fully saturated rings. The Bertz CT molecular complexity index is 1110.